The first-order valence-electron chi connectivity index (χ1n) is 3.19. The van der Waals surface area contributed by atoms with Gasteiger partial charge in [-0.1, -0.05) is 23.8 Å². The summed E-state index contributed by atoms with van der Waals surface area (Å²) in [6, 6.07) is 0. The molecule has 0 aromatic heterocycles. The van der Waals surface area contributed by atoms with E-state index in [-0.39, 0.29) is 0 Å². The molecule has 1 N–H and O–H groups in total. The molecule has 0 fully saturated rings. The third kappa shape index (κ3) is 1.64. The average Bonchev–Trinajstić information content (AvgIpc) is 1.89. The maximum Gasteiger partial charge on any atom is 0.134 e. The van der Waals surface area contributed by atoms with Crippen LogP contribution in [0.15, 0.2) is 37.1 Å². The van der Waals surface area contributed by atoms with Crippen molar-refractivity contribution in [2.24, 2.45) is 0 Å². The Labute approximate surface area is 66.1 Å². The molecule has 0 saturated heterocycles. The molecule has 1 rings (SSSR count). The molecule has 0 spiro atoms. The highest BCUT2D eigenvalue weighted by Gasteiger charge is 2.20. The van der Waals surface area contributed by atoms with Crippen LogP contribution in [-0.4, -0.2) is 5.00 Å². The third-order valence-corrected chi connectivity index (χ3v) is 1.72. The molecule has 0 aromatic carbocycles. The van der Waals surface area contributed by atoms with Crippen molar-refractivity contribution in [1.82, 2.24) is 5.32 Å². The first kappa shape index (κ1) is 7.42. The van der Waals surface area contributed by atoms with Crippen LogP contribution in [0.1, 0.15) is 6.42 Å². The van der Waals surface area contributed by atoms with Gasteiger partial charge in [-0.25, -0.2) is 0 Å². The predicted octanol–water partition coefficient (Wildman–Crippen LogP) is 2.17. The molecule has 1 heterocycles. The lowest BCUT2D eigenvalue weighted by atomic mass is 10.1. The molecule has 1 aliphatic rings. The number of nitrogens with one attached hydrogen (secondary N) is 1. The summed E-state index contributed by atoms with van der Waals surface area (Å²) in [5, 5.41) is 3.02. The normalized spacial score (nSPS) is 29.7. The Morgan fingerprint density at radius 1 is 1.60 bits per heavy atom. The number of dihydropyridines is 1. The predicted molar refractivity (Wildman–Crippen MR) is 44.8 cm³/mol. The van der Waals surface area contributed by atoms with E-state index in [9.17, 15) is 0 Å². The summed E-state index contributed by atoms with van der Waals surface area (Å²) in [6.07, 6.45) is 10.1. The summed E-state index contributed by atoms with van der Waals surface area (Å²) < 4.78 is 0. The minimum absolute atomic E-state index is 0.434. The van der Waals surface area contributed by atoms with E-state index in [1.807, 2.05) is 24.4 Å². The summed E-state index contributed by atoms with van der Waals surface area (Å²) in [5.41, 5.74) is 0. The van der Waals surface area contributed by atoms with Crippen molar-refractivity contribution in [1.29, 1.82) is 0 Å². The van der Waals surface area contributed by atoms with Gasteiger partial charge >= 0.3 is 0 Å². The highest BCUT2D eigenvalue weighted by atomic mass is 35.5. The maximum absolute atomic E-state index is 6.05. The fourth-order valence-corrected chi connectivity index (χ4v) is 1.08. The Morgan fingerprint density at radius 3 is 2.90 bits per heavy atom. The van der Waals surface area contributed by atoms with Crippen LogP contribution < -0.4 is 5.32 Å². The zero-order valence-electron chi connectivity index (χ0n) is 5.68. The SMILES string of the molecule is C=CCC1(Cl)C=CC=CN1. The van der Waals surface area contributed by atoms with E-state index < -0.39 is 5.00 Å². The van der Waals surface area contributed by atoms with Gasteiger partial charge in [0.25, 0.3) is 0 Å². The standard InChI is InChI=1S/C8H10ClN/c1-2-5-8(9)6-3-4-7-10-8/h2-4,6-7,10H,1,5H2. The first-order valence-corrected chi connectivity index (χ1v) is 3.56. The van der Waals surface area contributed by atoms with E-state index >= 15 is 0 Å². The van der Waals surface area contributed by atoms with Crippen LogP contribution in [0.4, 0.5) is 0 Å². The van der Waals surface area contributed by atoms with Crippen molar-refractivity contribution in [3.05, 3.63) is 37.1 Å². The van der Waals surface area contributed by atoms with Crippen LogP contribution in [0, 0.1) is 0 Å². The molecular weight excluding hydrogens is 146 g/mol. The fraction of sp³-hybridized carbons (Fsp3) is 0.250. The van der Waals surface area contributed by atoms with Crippen LogP contribution in [-0.2, 0) is 0 Å². The van der Waals surface area contributed by atoms with Crippen molar-refractivity contribution in [3.63, 3.8) is 0 Å². The highest BCUT2D eigenvalue weighted by Crippen LogP contribution is 2.20. The van der Waals surface area contributed by atoms with Gasteiger partial charge in [0.2, 0.25) is 0 Å². The van der Waals surface area contributed by atoms with Crippen molar-refractivity contribution in [3.8, 4) is 0 Å². The summed E-state index contributed by atoms with van der Waals surface area (Å²) in [5.74, 6) is 0. The highest BCUT2D eigenvalue weighted by molar-refractivity contribution is 6.25. The smallest absolute Gasteiger partial charge is 0.134 e. The van der Waals surface area contributed by atoms with E-state index in [0.29, 0.717) is 0 Å². The van der Waals surface area contributed by atoms with E-state index in [0.717, 1.165) is 6.42 Å². The van der Waals surface area contributed by atoms with Crippen LogP contribution in [0.2, 0.25) is 0 Å². The summed E-state index contributed by atoms with van der Waals surface area (Å²) in [4.78, 5) is -0.434. The molecule has 10 heavy (non-hydrogen) atoms. The molecule has 0 saturated carbocycles. The summed E-state index contributed by atoms with van der Waals surface area (Å²) in [6.45, 7) is 3.62. The minimum Gasteiger partial charge on any atom is -0.369 e. The second-order valence-corrected chi connectivity index (χ2v) is 2.89. The molecule has 0 bridgehead atoms. The Kier molecular flexibility index (Phi) is 2.17. The molecule has 0 aromatic rings. The van der Waals surface area contributed by atoms with Crippen LogP contribution in [0.5, 0.6) is 0 Å². The topological polar surface area (TPSA) is 12.0 Å². The molecule has 1 aliphatic heterocycles. The second-order valence-electron chi connectivity index (χ2n) is 2.22. The molecule has 0 amide bonds. The number of rotatable bonds is 2. The summed E-state index contributed by atoms with van der Waals surface area (Å²) >= 11 is 6.05. The molecule has 1 nitrogen and oxygen atoms in total. The quantitative estimate of drug-likeness (QED) is 0.366. The van der Waals surface area contributed by atoms with Crippen molar-refractivity contribution in [2.45, 2.75) is 11.4 Å². The Morgan fingerprint density at radius 2 is 2.40 bits per heavy atom. The number of hydrogen-bond acceptors (Lipinski definition) is 1. The van der Waals surface area contributed by atoms with E-state index in [1.54, 1.807) is 6.08 Å². The maximum atomic E-state index is 6.05. The van der Waals surface area contributed by atoms with E-state index in [4.69, 9.17) is 11.6 Å². The molecule has 2 heteroatoms. The Bertz CT molecular complexity index is 180. The zero-order valence-corrected chi connectivity index (χ0v) is 6.43. The van der Waals surface area contributed by atoms with Gasteiger partial charge in [0.1, 0.15) is 5.00 Å². The lowest BCUT2D eigenvalue weighted by molar-refractivity contribution is 0.632. The number of alkyl halides is 1. The van der Waals surface area contributed by atoms with Gasteiger partial charge < -0.3 is 5.32 Å². The lowest BCUT2D eigenvalue weighted by Crippen LogP contribution is -2.34. The lowest BCUT2D eigenvalue weighted by Gasteiger charge is -2.23. The van der Waals surface area contributed by atoms with Crippen molar-refractivity contribution < 1.29 is 0 Å². The third-order valence-electron chi connectivity index (χ3n) is 1.33. The molecule has 1 atom stereocenters. The minimum atomic E-state index is -0.434. The molecule has 0 radical (unpaired) electrons. The number of allylic oxidation sites excluding steroid dienone is 2. The van der Waals surface area contributed by atoms with Gasteiger partial charge in [-0.2, -0.15) is 0 Å². The second kappa shape index (κ2) is 2.93. The Hall–Kier alpha value is -0.690. The van der Waals surface area contributed by atoms with Crippen molar-refractivity contribution in [2.75, 3.05) is 0 Å². The molecule has 0 aliphatic carbocycles. The molecule has 54 valence electrons. The largest absolute Gasteiger partial charge is 0.369 e. The monoisotopic (exact) mass is 155 g/mol. The zero-order chi connectivity index (χ0) is 7.45. The molecule has 1 unspecified atom stereocenters. The number of halogens is 1. The number of hydrogen-bond donors (Lipinski definition) is 1. The van der Waals surface area contributed by atoms with Gasteiger partial charge in [0.05, 0.1) is 0 Å². The van der Waals surface area contributed by atoms with Crippen LogP contribution >= 0.6 is 11.6 Å². The van der Waals surface area contributed by atoms with Gasteiger partial charge in [0.15, 0.2) is 0 Å². The van der Waals surface area contributed by atoms with Gasteiger partial charge in [-0.15, -0.1) is 6.58 Å². The average molecular weight is 156 g/mol. The van der Waals surface area contributed by atoms with Crippen LogP contribution in [0.25, 0.3) is 0 Å². The Balaban J connectivity index is 2.60. The first-order chi connectivity index (χ1) is 4.77. The van der Waals surface area contributed by atoms with Crippen LogP contribution in [0.3, 0.4) is 0 Å². The summed E-state index contributed by atoms with van der Waals surface area (Å²) in [7, 11) is 0. The van der Waals surface area contributed by atoms with Gasteiger partial charge in [-0.05, 0) is 18.4 Å². The van der Waals surface area contributed by atoms with E-state index in [1.165, 1.54) is 0 Å². The van der Waals surface area contributed by atoms with E-state index in [2.05, 4.69) is 11.9 Å². The van der Waals surface area contributed by atoms with Gasteiger partial charge in [-0.3, -0.25) is 0 Å². The van der Waals surface area contributed by atoms with Gasteiger partial charge in [0, 0.05) is 6.42 Å². The fourth-order valence-electron chi connectivity index (χ4n) is 0.835. The van der Waals surface area contributed by atoms with Crippen molar-refractivity contribution >= 4 is 11.6 Å². The molecular formula is C8H10ClN.